The molecule has 1 atom stereocenters. The van der Waals surface area contributed by atoms with Crippen LogP contribution in [0.2, 0.25) is 0 Å². The third-order valence-corrected chi connectivity index (χ3v) is 2.79. The van der Waals surface area contributed by atoms with Gasteiger partial charge in [-0.2, -0.15) is 0 Å². The highest BCUT2D eigenvalue weighted by molar-refractivity contribution is 7.98. The molecule has 15 heavy (non-hydrogen) atoms. The van der Waals surface area contributed by atoms with Crippen molar-refractivity contribution >= 4 is 30.0 Å². The summed E-state index contributed by atoms with van der Waals surface area (Å²) < 4.78 is 0. The lowest BCUT2D eigenvalue weighted by Gasteiger charge is -2.11. The van der Waals surface area contributed by atoms with Gasteiger partial charge in [-0.3, -0.25) is 0 Å². The lowest BCUT2D eigenvalue weighted by atomic mass is 10.2. The fraction of sp³-hybridized carbons (Fsp3) is 0.556. The minimum atomic E-state index is 0. The predicted octanol–water partition coefficient (Wildman–Crippen LogP) is 1.39. The molecule has 1 fully saturated rings. The van der Waals surface area contributed by atoms with Crippen molar-refractivity contribution in [2.24, 2.45) is 0 Å². The average Bonchev–Trinajstić information content (AvgIpc) is 2.71. The Labute approximate surface area is 100 Å². The summed E-state index contributed by atoms with van der Waals surface area (Å²) in [7, 11) is 0. The van der Waals surface area contributed by atoms with Gasteiger partial charge in [0, 0.05) is 18.8 Å². The molecule has 1 saturated heterocycles. The first-order valence-electron chi connectivity index (χ1n) is 4.73. The van der Waals surface area contributed by atoms with Gasteiger partial charge in [0.25, 0.3) is 0 Å². The van der Waals surface area contributed by atoms with E-state index < -0.39 is 0 Å². The fourth-order valence-corrected chi connectivity index (χ4v) is 1.86. The quantitative estimate of drug-likeness (QED) is 0.624. The van der Waals surface area contributed by atoms with E-state index in [1.165, 1.54) is 6.42 Å². The number of rotatable bonds is 3. The standard InChI is InChI=1S/C9H14N4S.ClH/c1-14-9-11-5-3-8(13-9)12-7-2-4-10-6-7;/h3,5,7,10H,2,4,6H2,1H3,(H,11,12,13);1H. The summed E-state index contributed by atoms with van der Waals surface area (Å²) >= 11 is 1.56. The molecule has 0 saturated carbocycles. The van der Waals surface area contributed by atoms with Gasteiger partial charge in [0.15, 0.2) is 5.16 Å². The highest BCUT2D eigenvalue weighted by Crippen LogP contribution is 2.12. The second kappa shape index (κ2) is 6.15. The summed E-state index contributed by atoms with van der Waals surface area (Å²) in [5.74, 6) is 0.929. The van der Waals surface area contributed by atoms with Gasteiger partial charge >= 0.3 is 0 Å². The van der Waals surface area contributed by atoms with Crippen molar-refractivity contribution in [1.29, 1.82) is 0 Å². The summed E-state index contributed by atoms with van der Waals surface area (Å²) in [5.41, 5.74) is 0. The molecule has 0 bridgehead atoms. The van der Waals surface area contributed by atoms with Crippen LogP contribution in [0.1, 0.15) is 6.42 Å². The van der Waals surface area contributed by atoms with E-state index in [1.807, 2.05) is 12.3 Å². The summed E-state index contributed by atoms with van der Waals surface area (Å²) in [5, 5.41) is 7.52. The van der Waals surface area contributed by atoms with Gasteiger partial charge in [0.05, 0.1) is 0 Å². The van der Waals surface area contributed by atoms with E-state index in [0.717, 1.165) is 24.1 Å². The maximum atomic E-state index is 4.37. The highest BCUT2D eigenvalue weighted by Gasteiger charge is 2.14. The van der Waals surface area contributed by atoms with E-state index in [4.69, 9.17) is 0 Å². The smallest absolute Gasteiger partial charge is 0.189 e. The first kappa shape index (κ1) is 12.5. The Morgan fingerprint density at radius 3 is 3.13 bits per heavy atom. The summed E-state index contributed by atoms with van der Waals surface area (Å²) in [6.45, 7) is 2.12. The molecule has 0 spiro atoms. The third-order valence-electron chi connectivity index (χ3n) is 2.23. The van der Waals surface area contributed by atoms with Crippen molar-refractivity contribution in [3.63, 3.8) is 0 Å². The number of thioether (sulfide) groups is 1. The Bertz CT molecular complexity index is 304. The summed E-state index contributed by atoms with van der Waals surface area (Å²) in [6.07, 6.45) is 4.94. The van der Waals surface area contributed by atoms with E-state index in [1.54, 1.807) is 18.0 Å². The van der Waals surface area contributed by atoms with Crippen molar-refractivity contribution in [3.05, 3.63) is 12.3 Å². The molecular formula is C9H15ClN4S. The zero-order chi connectivity index (χ0) is 9.80. The number of halogens is 1. The maximum absolute atomic E-state index is 4.37. The minimum absolute atomic E-state index is 0. The van der Waals surface area contributed by atoms with Crippen LogP contribution < -0.4 is 10.6 Å². The van der Waals surface area contributed by atoms with Crippen molar-refractivity contribution < 1.29 is 0 Å². The van der Waals surface area contributed by atoms with Crippen LogP contribution in [0.15, 0.2) is 17.4 Å². The molecule has 0 aliphatic carbocycles. The molecular weight excluding hydrogens is 232 g/mol. The molecule has 1 aromatic rings. The van der Waals surface area contributed by atoms with Crippen LogP contribution in [0.3, 0.4) is 0 Å². The zero-order valence-electron chi connectivity index (χ0n) is 8.56. The molecule has 4 nitrogen and oxygen atoms in total. The maximum Gasteiger partial charge on any atom is 0.189 e. The molecule has 0 radical (unpaired) electrons. The van der Waals surface area contributed by atoms with E-state index in [0.29, 0.717) is 6.04 Å². The number of hydrogen-bond acceptors (Lipinski definition) is 5. The second-order valence-electron chi connectivity index (χ2n) is 3.26. The molecule has 6 heteroatoms. The van der Waals surface area contributed by atoms with Gasteiger partial charge in [-0.1, -0.05) is 11.8 Å². The Hall–Kier alpha value is -0.520. The number of nitrogens with one attached hydrogen (secondary N) is 2. The first-order valence-corrected chi connectivity index (χ1v) is 5.95. The minimum Gasteiger partial charge on any atom is -0.366 e. The number of hydrogen-bond donors (Lipinski definition) is 2. The highest BCUT2D eigenvalue weighted by atomic mass is 35.5. The lowest BCUT2D eigenvalue weighted by Crippen LogP contribution is -2.22. The third kappa shape index (κ3) is 3.52. The van der Waals surface area contributed by atoms with E-state index in [2.05, 4.69) is 20.6 Å². The Morgan fingerprint density at radius 2 is 2.47 bits per heavy atom. The molecule has 2 heterocycles. The molecule has 1 aliphatic rings. The van der Waals surface area contributed by atoms with Crippen LogP contribution in [0, 0.1) is 0 Å². The average molecular weight is 247 g/mol. The fourth-order valence-electron chi connectivity index (χ4n) is 1.51. The Kier molecular flexibility index (Phi) is 5.14. The molecule has 1 unspecified atom stereocenters. The number of anilines is 1. The molecule has 1 aromatic heterocycles. The summed E-state index contributed by atoms with van der Waals surface area (Å²) in [6, 6.07) is 2.43. The van der Waals surface area contributed by atoms with Crippen molar-refractivity contribution in [2.45, 2.75) is 17.6 Å². The van der Waals surface area contributed by atoms with Gasteiger partial charge in [0.1, 0.15) is 5.82 Å². The van der Waals surface area contributed by atoms with E-state index in [-0.39, 0.29) is 12.4 Å². The van der Waals surface area contributed by atoms with Crippen LogP contribution in [-0.2, 0) is 0 Å². The van der Waals surface area contributed by atoms with Gasteiger partial charge in [-0.25, -0.2) is 9.97 Å². The van der Waals surface area contributed by atoms with Gasteiger partial charge in [-0.05, 0) is 25.3 Å². The SMILES string of the molecule is CSc1nccc(NC2CCNC2)n1.Cl. The topological polar surface area (TPSA) is 49.8 Å². The van der Waals surface area contributed by atoms with Crippen molar-refractivity contribution in [2.75, 3.05) is 24.7 Å². The monoisotopic (exact) mass is 246 g/mol. The van der Waals surface area contributed by atoms with Gasteiger partial charge < -0.3 is 10.6 Å². The molecule has 0 amide bonds. The van der Waals surface area contributed by atoms with Crippen LogP contribution in [-0.4, -0.2) is 35.4 Å². The largest absolute Gasteiger partial charge is 0.366 e. The van der Waals surface area contributed by atoms with Crippen LogP contribution >= 0.6 is 24.2 Å². The molecule has 0 aromatic carbocycles. The van der Waals surface area contributed by atoms with E-state index >= 15 is 0 Å². The lowest BCUT2D eigenvalue weighted by molar-refractivity contribution is 0.781. The zero-order valence-corrected chi connectivity index (χ0v) is 10.2. The van der Waals surface area contributed by atoms with Gasteiger partial charge in [-0.15, -0.1) is 12.4 Å². The second-order valence-corrected chi connectivity index (χ2v) is 4.04. The molecule has 84 valence electrons. The molecule has 2 N–H and O–H groups in total. The predicted molar refractivity (Wildman–Crippen MR) is 66.0 cm³/mol. The van der Waals surface area contributed by atoms with Crippen LogP contribution in [0.25, 0.3) is 0 Å². The Morgan fingerprint density at radius 1 is 1.60 bits per heavy atom. The van der Waals surface area contributed by atoms with Crippen molar-refractivity contribution in [1.82, 2.24) is 15.3 Å². The van der Waals surface area contributed by atoms with Crippen LogP contribution in [0.5, 0.6) is 0 Å². The van der Waals surface area contributed by atoms with Crippen LogP contribution in [0.4, 0.5) is 5.82 Å². The van der Waals surface area contributed by atoms with E-state index in [9.17, 15) is 0 Å². The number of aromatic nitrogens is 2. The van der Waals surface area contributed by atoms with Gasteiger partial charge in [0.2, 0.25) is 0 Å². The normalized spacial score (nSPS) is 19.7. The number of nitrogens with zero attached hydrogens (tertiary/aromatic N) is 2. The molecule has 2 rings (SSSR count). The van der Waals surface area contributed by atoms with Crippen molar-refractivity contribution in [3.8, 4) is 0 Å². The summed E-state index contributed by atoms with van der Waals surface area (Å²) in [4.78, 5) is 8.50. The molecule has 1 aliphatic heterocycles. The first-order chi connectivity index (χ1) is 6.88. The Balaban J connectivity index is 0.00000112.